The average molecular weight is 552 g/mol. The summed E-state index contributed by atoms with van der Waals surface area (Å²) in [6, 6.07) is 10.1. The molecule has 0 aromatic heterocycles. The van der Waals surface area contributed by atoms with Gasteiger partial charge in [-0.2, -0.15) is 0 Å². The van der Waals surface area contributed by atoms with Gasteiger partial charge >= 0.3 is 0 Å². The van der Waals surface area contributed by atoms with E-state index in [1.54, 1.807) is 51.3 Å². The second-order valence-electron chi connectivity index (χ2n) is 9.67. The molecule has 210 valence electrons. The van der Waals surface area contributed by atoms with Crippen molar-refractivity contribution in [1.29, 1.82) is 0 Å². The minimum absolute atomic E-state index is 0.0258. The number of aryl methyl sites for hydroxylation is 1. The molecule has 1 fully saturated rings. The molecule has 1 heterocycles. The Hall–Kier alpha value is -4.40. The average Bonchev–Trinajstić information content (AvgIpc) is 3.19. The standard InChI is InChI=1S/C31H31F2NO6/c1-7-40-26-13-18(8-11-24(26)38-5)28-27(29(35)21-15-20(16(2)3)25(39-6)12-17(21)4)30(36)31(37)34(28)19-9-10-22(32)23(33)14-19/h8-16,28,35H,7H2,1-6H3/b29-27+. The van der Waals surface area contributed by atoms with E-state index >= 15 is 0 Å². The van der Waals surface area contributed by atoms with Crippen molar-refractivity contribution in [3.8, 4) is 17.2 Å². The van der Waals surface area contributed by atoms with E-state index in [0.717, 1.165) is 22.6 Å². The van der Waals surface area contributed by atoms with Crippen LogP contribution in [0, 0.1) is 18.6 Å². The first kappa shape index (κ1) is 28.6. The highest BCUT2D eigenvalue weighted by molar-refractivity contribution is 6.51. The van der Waals surface area contributed by atoms with Crippen molar-refractivity contribution in [2.45, 2.75) is 39.7 Å². The molecule has 0 spiro atoms. The minimum Gasteiger partial charge on any atom is -0.507 e. The number of ketones is 1. The number of aliphatic hydroxyl groups is 1. The number of hydrogen-bond acceptors (Lipinski definition) is 6. The van der Waals surface area contributed by atoms with E-state index in [1.165, 1.54) is 13.2 Å². The van der Waals surface area contributed by atoms with E-state index < -0.39 is 35.1 Å². The zero-order chi connectivity index (χ0) is 29.3. The van der Waals surface area contributed by atoms with Gasteiger partial charge in [0.2, 0.25) is 0 Å². The Morgan fingerprint density at radius 1 is 0.950 bits per heavy atom. The zero-order valence-corrected chi connectivity index (χ0v) is 23.2. The molecule has 40 heavy (non-hydrogen) atoms. The number of rotatable bonds is 8. The number of carbonyl (C=O) groups excluding carboxylic acids is 2. The Balaban J connectivity index is 2.02. The number of hydrogen-bond donors (Lipinski definition) is 1. The summed E-state index contributed by atoms with van der Waals surface area (Å²) in [6.07, 6.45) is 0. The quantitative estimate of drug-likeness (QED) is 0.197. The number of amides is 1. The molecule has 0 radical (unpaired) electrons. The number of Topliss-reactive ketones (excluding diaryl/α,β-unsaturated/α-hetero) is 1. The van der Waals surface area contributed by atoms with Crippen molar-refractivity contribution in [2.75, 3.05) is 25.7 Å². The Morgan fingerprint density at radius 3 is 2.25 bits per heavy atom. The van der Waals surface area contributed by atoms with Crippen LogP contribution in [0.2, 0.25) is 0 Å². The van der Waals surface area contributed by atoms with E-state index in [4.69, 9.17) is 14.2 Å². The first-order valence-electron chi connectivity index (χ1n) is 12.8. The molecule has 3 aromatic carbocycles. The van der Waals surface area contributed by atoms with Crippen LogP contribution in [0.3, 0.4) is 0 Å². The van der Waals surface area contributed by atoms with Crippen LogP contribution >= 0.6 is 0 Å². The van der Waals surface area contributed by atoms with Crippen LogP contribution in [0.25, 0.3) is 5.76 Å². The lowest BCUT2D eigenvalue weighted by atomic mass is 9.91. The molecule has 3 aromatic rings. The summed E-state index contributed by atoms with van der Waals surface area (Å²) < 4.78 is 44.7. The molecule has 1 unspecified atom stereocenters. The van der Waals surface area contributed by atoms with Crippen molar-refractivity contribution >= 4 is 23.1 Å². The third kappa shape index (κ3) is 4.99. The maximum absolute atomic E-state index is 14.3. The van der Waals surface area contributed by atoms with E-state index in [1.807, 2.05) is 13.8 Å². The van der Waals surface area contributed by atoms with Gasteiger partial charge < -0.3 is 19.3 Å². The number of halogens is 2. The lowest BCUT2D eigenvalue weighted by Crippen LogP contribution is -2.29. The molecule has 0 aliphatic carbocycles. The molecule has 1 aliphatic rings. The topological polar surface area (TPSA) is 85.3 Å². The molecule has 0 saturated carbocycles. The third-order valence-electron chi connectivity index (χ3n) is 6.88. The van der Waals surface area contributed by atoms with Gasteiger partial charge in [0.15, 0.2) is 23.1 Å². The smallest absolute Gasteiger partial charge is 0.300 e. The van der Waals surface area contributed by atoms with Gasteiger partial charge in [-0.15, -0.1) is 0 Å². The van der Waals surface area contributed by atoms with Crippen LogP contribution in [0.5, 0.6) is 17.2 Å². The maximum atomic E-state index is 14.3. The first-order chi connectivity index (χ1) is 19.0. The number of methoxy groups -OCH3 is 2. The van der Waals surface area contributed by atoms with Crippen LogP contribution in [-0.2, 0) is 9.59 Å². The van der Waals surface area contributed by atoms with Gasteiger partial charge in [-0.3, -0.25) is 14.5 Å². The van der Waals surface area contributed by atoms with Gasteiger partial charge in [0.1, 0.15) is 11.5 Å². The lowest BCUT2D eigenvalue weighted by molar-refractivity contribution is -0.132. The first-order valence-corrected chi connectivity index (χ1v) is 12.8. The van der Waals surface area contributed by atoms with Crippen LogP contribution in [0.1, 0.15) is 55.0 Å². The number of aliphatic hydroxyl groups excluding tert-OH is 1. The zero-order valence-electron chi connectivity index (χ0n) is 23.2. The van der Waals surface area contributed by atoms with E-state index in [-0.39, 0.29) is 17.2 Å². The fourth-order valence-electron chi connectivity index (χ4n) is 4.91. The van der Waals surface area contributed by atoms with E-state index in [0.29, 0.717) is 40.5 Å². The Kier molecular flexibility index (Phi) is 8.13. The number of nitrogens with zero attached hydrogens (tertiary/aromatic N) is 1. The molecule has 1 aliphatic heterocycles. The fourth-order valence-corrected chi connectivity index (χ4v) is 4.91. The summed E-state index contributed by atoms with van der Waals surface area (Å²) in [5.74, 6) is -3.24. The highest BCUT2D eigenvalue weighted by Crippen LogP contribution is 2.45. The van der Waals surface area contributed by atoms with Gasteiger partial charge in [0.25, 0.3) is 11.7 Å². The molecule has 0 bridgehead atoms. The molecule has 1 N–H and O–H groups in total. The molecule has 4 rings (SSSR count). The molecular weight excluding hydrogens is 520 g/mol. The van der Waals surface area contributed by atoms with Crippen molar-refractivity contribution < 1.29 is 37.7 Å². The van der Waals surface area contributed by atoms with Gasteiger partial charge in [-0.1, -0.05) is 19.9 Å². The molecule has 7 nitrogen and oxygen atoms in total. The number of anilines is 1. The third-order valence-corrected chi connectivity index (χ3v) is 6.88. The second-order valence-corrected chi connectivity index (χ2v) is 9.67. The summed E-state index contributed by atoms with van der Waals surface area (Å²) in [7, 11) is 3.02. The van der Waals surface area contributed by atoms with Gasteiger partial charge in [0.05, 0.1) is 32.4 Å². The maximum Gasteiger partial charge on any atom is 0.300 e. The summed E-state index contributed by atoms with van der Waals surface area (Å²) in [5, 5.41) is 11.7. The normalized spacial score (nSPS) is 16.5. The van der Waals surface area contributed by atoms with Crippen LogP contribution < -0.4 is 19.1 Å². The van der Waals surface area contributed by atoms with Gasteiger partial charge in [0, 0.05) is 17.3 Å². The van der Waals surface area contributed by atoms with Crippen molar-refractivity contribution in [3.05, 3.63) is 88.0 Å². The SMILES string of the molecule is CCOc1cc(C2/C(=C(\O)c3cc(C(C)C)c(OC)cc3C)C(=O)C(=O)N2c2ccc(F)c(F)c2)ccc1OC. The largest absolute Gasteiger partial charge is 0.507 e. The second kappa shape index (κ2) is 11.4. The molecule has 1 amide bonds. The predicted octanol–water partition coefficient (Wildman–Crippen LogP) is 6.44. The molecule has 9 heteroatoms. The Bertz CT molecular complexity index is 1510. The highest BCUT2D eigenvalue weighted by atomic mass is 19.2. The molecular formula is C31H31F2NO6. The molecule has 1 saturated heterocycles. The summed E-state index contributed by atoms with van der Waals surface area (Å²) in [5.41, 5.74) is 1.89. The van der Waals surface area contributed by atoms with Crippen molar-refractivity contribution in [2.24, 2.45) is 0 Å². The van der Waals surface area contributed by atoms with Gasteiger partial charge in [-0.05, 0) is 72.9 Å². The van der Waals surface area contributed by atoms with E-state index in [2.05, 4.69) is 0 Å². The lowest BCUT2D eigenvalue weighted by Gasteiger charge is -2.26. The van der Waals surface area contributed by atoms with Crippen LogP contribution in [0.4, 0.5) is 14.5 Å². The van der Waals surface area contributed by atoms with Crippen LogP contribution in [-0.4, -0.2) is 37.6 Å². The highest BCUT2D eigenvalue weighted by Gasteiger charge is 2.47. The Morgan fingerprint density at radius 2 is 1.65 bits per heavy atom. The Labute approximate surface area is 231 Å². The van der Waals surface area contributed by atoms with E-state index in [9.17, 15) is 23.5 Å². The number of benzene rings is 3. The predicted molar refractivity (Wildman–Crippen MR) is 147 cm³/mol. The number of carbonyl (C=O) groups is 2. The fraction of sp³-hybridized carbons (Fsp3) is 0.290. The summed E-state index contributed by atoms with van der Waals surface area (Å²) >= 11 is 0. The summed E-state index contributed by atoms with van der Waals surface area (Å²) in [4.78, 5) is 28.1. The summed E-state index contributed by atoms with van der Waals surface area (Å²) in [6.45, 7) is 7.78. The van der Waals surface area contributed by atoms with Crippen molar-refractivity contribution in [1.82, 2.24) is 0 Å². The minimum atomic E-state index is -1.18. The molecule has 1 atom stereocenters. The monoisotopic (exact) mass is 551 g/mol. The van der Waals surface area contributed by atoms with Crippen LogP contribution in [0.15, 0.2) is 54.1 Å². The van der Waals surface area contributed by atoms with Crippen molar-refractivity contribution in [3.63, 3.8) is 0 Å². The number of ether oxygens (including phenoxy) is 3. The van der Waals surface area contributed by atoms with Gasteiger partial charge in [-0.25, -0.2) is 8.78 Å².